The molecule has 0 saturated heterocycles. The zero-order chi connectivity index (χ0) is 21.8. The van der Waals surface area contributed by atoms with Gasteiger partial charge in [-0.05, 0) is 39.0 Å². The lowest BCUT2D eigenvalue weighted by molar-refractivity contribution is -0.160. The molecule has 0 unspecified atom stereocenters. The fraction of sp³-hybridized carbons (Fsp3) is 0.364. The topological polar surface area (TPSA) is 87.7 Å². The number of carbonyl (C=O) groups excluding carboxylic acids is 1. The molecule has 9 heteroatoms. The van der Waals surface area contributed by atoms with E-state index in [0.717, 1.165) is 12.1 Å². The second kappa shape index (κ2) is 7.19. The molecule has 0 aliphatic carbocycles. The van der Waals surface area contributed by atoms with Crippen molar-refractivity contribution >= 4 is 23.4 Å². The maximum absolute atomic E-state index is 13.5. The summed E-state index contributed by atoms with van der Waals surface area (Å²) in [7, 11) is 0. The third-order valence-electron chi connectivity index (χ3n) is 5.68. The largest absolute Gasteiger partial charge is 0.466 e. The minimum atomic E-state index is -1.16. The number of hydrogen-bond acceptors (Lipinski definition) is 7. The Morgan fingerprint density at radius 2 is 2.13 bits per heavy atom. The summed E-state index contributed by atoms with van der Waals surface area (Å²) in [4.78, 5) is 31.7. The smallest absolute Gasteiger partial charge is 0.317 e. The molecule has 1 aromatic carbocycles. The van der Waals surface area contributed by atoms with Crippen LogP contribution in [0.1, 0.15) is 38.1 Å². The van der Waals surface area contributed by atoms with Gasteiger partial charge in [0.25, 0.3) is 5.56 Å². The van der Waals surface area contributed by atoms with E-state index in [1.807, 2.05) is 43.5 Å². The Bertz CT molecular complexity index is 1350. The SMILES string of the molecule is CCOC(=O)[C@H]1[C@H]2c3ccccc3O[C@@]1(C)N=c1s/c(=C/c3ccn(CC)n3)c(=O)n12. The predicted molar refractivity (Wildman–Crippen MR) is 115 cm³/mol. The molecule has 5 rings (SSSR count). The maximum atomic E-state index is 13.5. The Morgan fingerprint density at radius 3 is 2.87 bits per heavy atom. The van der Waals surface area contributed by atoms with Crippen molar-refractivity contribution < 1.29 is 14.3 Å². The van der Waals surface area contributed by atoms with E-state index in [9.17, 15) is 9.59 Å². The zero-order valence-electron chi connectivity index (χ0n) is 17.4. The molecule has 160 valence electrons. The standard InChI is InChI=1S/C22H22N4O4S/c1-4-25-11-10-13(24-25)12-16-19(27)26-18-14-8-6-7-9-15(14)30-22(3,23-21(26)31-16)17(18)20(28)29-5-2/h6-12,17-18H,4-5H2,1-3H3/b16-12+/t17-,18-,22-/m1/s1. The van der Waals surface area contributed by atoms with Crippen molar-refractivity contribution in [1.82, 2.24) is 14.3 Å². The van der Waals surface area contributed by atoms with Crippen LogP contribution in [0.2, 0.25) is 0 Å². The number of benzene rings is 1. The summed E-state index contributed by atoms with van der Waals surface area (Å²) in [6.45, 7) is 6.53. The van der Waals surface area contributed by atoms with Crippen molar-refractivity contribution in [1.29, 1.82) is 0 Å². The Kier molecular flexibility index (Phi) is 4.58. The number of ether oxygens (including phenoxy) is 2. The first-order chi connectivity index (χ1) is 14.9. The molecule has 3 atom stereocenters. The van der Waals surface area contributed by atoms with E-state index >= 15 is 0 Å². The fourth-order valence-electron chi connectivity index (χ4n) is 4.30. The summed E-state index contributed by atoms with van der Waals surface area (Å²) in [5.41, 5.74) is 0.110. The van der Waals surface area contributed by atoms with Gasteiger partial charge in [0.15, 0.2) is 4.80 Å². The second-order valence-electron chi connectivity index (χ2n) is 7.65. The van der Waals surface area contributed by atoms with Gasteiger partial charge in [-0.15, -0.1) is 0 Å². The van der Waals surface area contributed by atoms with Gasteiger partial charge in [0.2, 0.25) is 5.72 Å². The molecule has 0 radical (unpaired) electrons. The molecular formula is C22H22N4O4S. The van der Waals surface area contributed by atoms with Crippen LogP contribution in [0.15, 0.2) is 46.3 Å². The molecule has 8 nitrogen and oxygen atoms in total. The average molecular weight is 439 g/mol. The first-order valence-corrected chi connectivity index (χ1v) is 11.1. The number of hydrogen-bond donors (Lipinski definition) is 0. The fourth-order valence-corrected chi connectivity index (χ4v) is 5.38. The van der Waals surface area contributed by atoms with E-state index in [4.69, 9.17) is 14.5 Å². The van der Waals surface area contributed by atoms with Gasteiger partial charge in [-0.1, -0.05) is 29.5 Å². The van der Waals surface area contributed by atoms with Crippen molar-refractivity contribution in [3.63, 3.8) is 0 Å². The van der Waals surface area contributed by atoms with Crippen LogP contribution < -0.4 is 19.6 Å². The van der Waals surface area contributed by atoms with Crippen molar-refractivity contribution in [3.05, 3.63) is 67.5 Å². The molecule has 0 N–H and O–H groups in total. The van der Waals surface area contributed by atoms with Crippen LogP contribution in [0.5, 0.6) is 5.75 Å². The average Bonchev–Trinajstić information content (AvgIpc) is 3.31. The van der Waals surface area contributed by atoms with Gasteiger partial charge in [-0.2, -0.15) is 5.10 Å². The van der Waals surface area contributed by atoms with Crippen molar-refractivity contribution in [2.24, 2.45) is 10.9 Å². The number of rotatable bonds is 4. The molecule has 3 aromatic rings. The van der Waals surface area contributed by atoms with Crippen molar-refractivity contribution in [3.8, 4) is 5.75 Å². The van der Waals surface area contributed by atoms with E-state index in [1.165, 1.54) is 11.3 Å². The van der Waals surface area contributed by atoms with Crippen LogP contribution in [0.25, 0.3) is 6.08 Å². The first-order valence-electron chi connectivity index (χ1n) is 10.3. The Balaban J connectivity index is 1.75. The van der Waals surface area contributed by atoms with Crippen LogP contribution in [0.3, 0.4) is 0 Å². The first kappa shape index (κ1) is 19.7. The molecule has 0 spiro atoms. The Morgan fingerprint density at radius 1 is 1.32 bits per heavy atom. The molecule has 4 heterocycles. The minimum absolute atomic E-state index is 0.201. The number of thiazole rings is 1. The molecule has 0 amide bonds. The number of para-hydroxylation sites is 1. The number of aromatic nitrogens is 3. The number of carbonyl (C=O) groups is 1. The summed E-state index contributed by atoms with van der Waals surface area (Å²) >= 11 is 1.28. The van der Waals surface area contributed by atoms with Crippen LogP contribution in [-0.4, -0.2) is 32.6 Å². The molecule has 0 fully saturated rings. The normalized spacial score (nSPS) is 24.0. The van der Waals surface area contributed by atoms with Gasteiger partial charge in [-0.25, -0.2) is 4.99 Å². The van der Waals surface area contributed by atoms with E-state index in [1.54, 1.807) is 29.2 Å². The monoisotopic (exact) mass is 438 g/mol. The van der Waals surface area contributed by atoms with E-state index in [0.29, 0.717) is 20.8 Å². The lowest BCUT2D eigenvalue weighted by Crippen LogP contribution is -2.58. The van der Waals surface area contributed by atoms with Crippen LogP contribution in [0, 0.1) is 5.92 Å². The van der Waals surface area contributed by atoms with Gasteiger partial charge < -0.3 is 9.47 Å². The third kappa shape index (κ3) is 3.03. The molecular weight excluding hydrogens is 416 g/mol. The van der Waals surface area contributed by atoms with Gasteiger partial charge >= 0.3 is 5.97 Å². The number of nitrogens with zero attached hydrogens (tertiary/aromatic N) is 4. The number of fused-ring (bicyclic) bond motifs is 6. The third-order valence-corrected chi connectivity index (χ3v) is 6.67. The maximum Gasteiger partial charge on any atom is 0.317 e. The summed E-state index contributed by atoms with van der Waals surface area (Å²) in [5, 5.41) is 4.45. The molecule has 0 saturated carbocycles. The van der Waals surface area contributed by atoms with Crippen LogP contribution in [-0.2, 0) is 16.1 Å². The minimum Gasteiger partial charge on any atom is -0.466 e. The quantitative estimate of drug-likeness (QED) is 0.576. The van der Waals surface area contributed by atoms with Gasteiger partial charge in [0.05, 0.1) is 22.9 Å². The van der Waals surface area contributed by atoms with Gasteiger partial charge in [-0.3, -0.25) is 18.8 Å². The van der Waals surface area contributed by atoms with Crippen molar-refractivity contribution in [2.45, 2.75) is 39.1 Å². The lowest BCUT2D eigenvalue weighted by Gasteiger charge is -2.44. The number of esters is 1. The lowest BCUT2D eigenvalue weighted by atomic mass is 9.81. The highest BCUT2D eigenvalue weighted by molar-refractivity contribution is 7.07. The predicted octanol–water partition coefficient (Wildman–Crippen LogP) is 1.47. The van der Waals surface area contributed by atoms with Crippen molar-refractivity contribution in [2.75, 3.05) is 6.61 Å². The van der Waals surface area contributed by atoms with E-state index in [-0.39, 0.29) is 12.2 Å². The van der Waals surface area contributed by atoms with E-state index in [2.05, 4.69) is 5.10 Å². The van der Waals surface area contributed by atoms with E-state index < -0.39 is 23.7 Å². The highest BCUT2D eigenvalue weighted by atomic mass is 32.1. The zero-order valence-corrected chi connectivity index (χ0v) is 18.3. The highest BCUT2D eigenvalue weighted by Gasteiger charge is 2.55. The van der Waals surface area contributed by atoms with Crippen LogP contribution >= 0.6 is 11.3 Å². The van der Waals surface area contributed by atoms with Crippen LogP contribution in [0.4, 0.5) is 0 Å². The second-order valence-corrected chi connectivity index (χ2v) is 8.65. The Labute approximate surface area is 182 Å². The van der Waals surface area contributed by atoms with Gasteiger partial charge in [0.1, 0.15) is 11.7 Å². The summed E-state index contributed by atoms with van der Waals surface area (Å²) < 4.78 is 15.5. The molecule has 2 aliphatic heterocycles. The summed E-state index contributed by atoms with van der Waals surface area (Å²) in [6.07, 6.45) is 3.63. The molecule has 31 heavy (non-hydrogen) atoms. The Hall–Kier alpha value is -3.20. The number of aryl methyl sites for hydroxylation is 1. The molecule has 2 aromatic heterocycles. The molecule has 2 aliphatic rings. The highest BCUT2D eigenvalue weighted by Crippen LogP contribution is 2.47. The summed E-state index contributed by atoms with van der Waals surface area (Å²) in [6, 6.07) is 8.77. The summed E-state index contributed by atoms with van der Waals surface area (Å²) in [5.74, 6) is -0.575. The van der Waals surface area contributed by atoms with Gasteiger partial charge in [0, 0.05) is 18.3 Å². The molecule has 2 bridgehead atoms.